The molecule has 0 saturated carbocycles. The predicted molar refractivity (Wildman–Crippen MR) is 95.8 cm³/mol. The number of H-pyrrole nitrogens is 1. The van der Waals surface area contributed by atoms with E-state index in [0.29, 0.717) is 37.3 Å². The highest BCUT2D eigenvalue weighted by molar-refractivity contribution is 5.94. The van der Waals surface area contributed by atoms with E-state index in [0.717, 1.165) is 22.4 Å². The molecule has 0 unspecified atom stereocenters. The van der Waals surface area contributed by atoms with Crippen molar-refractivity contribution < 1.29 is 9.21 Å². The second-order valence-electron chi connectivity index (χ2n) is 6.05. The van der Waals surface area contributed by atoms with E-state index in [-0.39, 0.29) is 11.5 Å². The van der Waals surface area contributed by atoms with E-state index >= 15 is 0 Å². The van der Waals surface area contributed by atoms with E-state index in [2.05, 4.69) is 15.3 Å². The molecule has 0 saturated heterocycles. The number of aryl methyl sites for hydroxylation is 3. The van der Waals surface area contributed by atoms with Crippen LogP contribution in [0, 0.1) is 6.92 Å². The Kier molecular flexibility index (Phi) is 4.97. The maximum Gasteiger partial charge on any atom is 0.251 e. The molecule has 1 amide bonds. The first-order chi connectivity index (χ1) is 12.0. The summed E-state index contributed by atoms with van der Waals surface area (Å²) in [7, 11) is 0. The van der Waals surface area contributed by atoms with Crippen LogP contribution in [0.4, 0.5) is 0 Å². The number of nitrogens with zero attached hydrogens (tertiary/aromatic N) is 1. The van der Waals surface area contributed by atoms with Gasteiger partial charge in [0.1, 0.15) is 5.52 Å². The van der Waals surface area contributed by atoms with Crippen LogP contribution in [0.1, 0.15) is 40.9 Å². The number of hydrogen-bond donors (Lipinski definition) is 2. The van der Waals surface area contributed by atoms with Gasteiger partial charge >= 0.3 is 0 Å². The van der Waals surface area contributed by atoms with Crippen molar-refractivity contribution in [1.29, 1.82) is 0 Å². The quantitative estimate of drug-likeness (QED) is 0.676. The second kappa shape index (κ2) is 7.34. The van der Waals surface area contributed by atoms with E-state index in [4.69, 9.17) is 4.42 Å². The van der Waals surface area contributed by atoms with Crippen molar-refractivity contribution in [2.45, 2.75) is 33.1 Å². The first-order valence-corrected chi connectivity index (χ1v) is 8.42. The summed E-state index contributed by atoms with van der Waals surface area (Å²) in [6, 6.07) is 8.93. The number of pyridine rings is 1. The van der Waals surface area contributed by atoms with E-state index in [1.807, 2.05) is 32.0 Å². The molecule has 0 aliphatic heterocycles. The fourth-order valence-electron chi connectivity index (χ4n) is 2.65. The zero-order valence-electron chi connectivity index (χ0n) is 14.4. The number of fused-ring (bicyclic) bond motifs is 1. The Balaban J connectivity index is 1.54. The van der Waals surface area contributed by atoms with Gasteiger partial charge in [0.15, 0.2) is 11.5 Å². The minimum Gasteiger partial charge on any atom is -0.441 e. The van der Waals surface area contributed by atoms with Crippen LogP contribution in [-0.2, 0) is 12.8 Å². The molecule has 3 aromatic rings. The van der Waals surface area contributed by atoms with Crippen LogP contribution < -0.4 is 10.9 Å². The highest BCUT2D eigenvalue weighted by atomic mass is 16.3. The van der Waals surface area contributed by atoms with Crippen molar-refractivity contribution >= 4 is 17.0 Å². The van der Waals surface area contributed by atoms with Gasteiger partial charge in [-0.05, 0) is 43.5 Å². The van der Waals surface area contributed by atoms with Gasteiger partial charge < -0.3 is 14.7 Å². The molecule has 0 radical (unpaired) electrons. The number of aromatic amines is 1. The first-order valence-electron chi connectivity index (χ1n) is 8.42. The highest BCUT2D eigenvalue weighted by Crippen LogP contribution is 2.17. The molecule has 6 nitrogen and oxygen atoms in total. The van der Waals surface area contributed by atoms with Crippen LogP contribution in [-0.4, -0.2) is 22.4 Å². The minimum absolute atomic E-state index is 0.242. The van der Waals surface area contributed by atoms with E-state index in [9.17, 15) is 9.59 Å². The number of nitrogens with one attached hydrogen (secondary N) is 2. The highest BCUT2D eigenvalue weighted by Gasteiger charge is 2.09. The van der Waals surface area contributed by atoms with Crippen molar-refractivity contribution in [3.63, 3.8) is 0 Å². The zero-order chi connectivity index (χ0) is 17.8. The molecular weight excluding hydrogens is 318 g/mol. The van der Waals surface area contributed by atoms with Crippen LogP contribution in [0.5, 0.6) is 0 Å². The number of carbonyl (C=O) groups excluding carboxylic acids is 1. The van der Waals surface area contributed by atoms with Gasteiger partial charge in [0, 0.05) is 30.3 Å². The van der Waals surface area contributed by atoms with E-state index < -0.39 is 0 Å². The molecule has 2 heterocycles. The lowest BCUT2D eigenvalue weighted by atomic mass is 10.2. The van der Waals surface area contributed by atoms with Gasteiger partial charge in [0.25, 0.3) is 5.91 Å². The summed E-state index contributed by atoms with van der Waals surface area (Å²) < 4.78 is 5.72. The molecule has 0 bridgehead atoms. The lowest BCUT2D eigenvalue weighted by Crippen LogP contribution is -2.26. The first kappa shape index (κ1) is 17.0. The summed E-state index contributed by atoms with van der Waals surface area (Å²) in [5.41, 5.74) is 3.64. The monoisotopic (exact) mass is 339 g/mol. The van der Waals surface area contributed by atoms with Gasteiger partial charge in [-0.3, -0.25) is 9.59 Å². The standard InChI is InChI=1S/C19H21N3O3/c1-3-14-10-13(11-17(23)21-14)19(24)20-8-4-5-18-22-15-7-6-12(2)9-16(15)25-18/h6-7,9-11H,3-5,8H2,1-2H3,(H,20,24)(H,21,23). The van der Waals surface area contributed by atoms with Gasteiger partial charge in [-0.1, -0.05) is 13.0 Å². The molecule has 0 aliphatic carbocycles. The summed E-state index contributed by atoms with van der Waals surface area (Å²) in [4.78, 5) is 30.8. The van der Waals surface area contributed by atoms with Crippen molar-refractivity contribution in [2.24, 2.45) is 0 Å². The molecule has 6 heteroatoms. The van der Waals surface area contributed by atoms with Crippen molar-refractivity contribution in [1.82, 2.24) is 15.3 Å². The summed E-state index contributed by atoms with van der Waals surface area (Å²) in [6.07, 6.45) is 2.03. The van der Waals surface area contributed by atoms with Crippen LogP contribution in [0.25, 0.3) is 11.1 Å². The van der Waals surface area contributed by atoms with Gasteiger partial charge in [-0.15, -0.1) is 0 Å². The number of amides is 1. The number of rotatable bonds is 6. The van der Waals surface area contributed by atoms with Gasteiger partial charge in [-0.2, -0.15) is 0 Å². The molecule has 0 fully saturated rings. The summed E-state index contributed by atoms with van der Waals surface area (Å²) >= 11 is 0. The molecule has 2 aromatic heterocycles. The molecule has 3 rings (SSSR count). The Bertz CT molecular complexity index is 956. The van der Waals surface area contributed by atoms with Crippen LogP contribution in [0.15, 0.2) is 39.5 Å². The third kappa shape index (κ3) is 4.15. The Morgan fingerprint density at radius 2 is 2.12 bits per heavy atom. The fraction of sp³-hybridized carbons (Fsp3) is 0.316. The molecule has 2 N–H and O–H groups in total. The second-order valence-corrected chi connectivity index (χ2v) is 6.05. The molecular formula is C19H21N3O3. The SMILES string of the molecule is CCc1cc(C(=O)NCCCc2nc3ccc(C)cc3o2)cc(=O)[nH]1. The lowest BCUT2D eigenvalue weighted by molar-refractivity contribution is 0.0952. The molecule has 0 spiro atoms. The zero-order valence-corrected chi connectivity index (χ0v) is 14.4. The predicted octanol–water partition coefficient (Wildman–Crippen LogP) is 2.75. The Hall–Kier alpha value is -2.89. The summed E-state index contributed by atoms with van der Waals surface area (Å²) in [6.45, 7) is 4.43. The average molecular weight is 339 g/mol. The molecule has 25 heavy (non-hydrogen) atoms. The molecule has 1 aromatic carbocycles. The maximum absolute atomic E-state index is 12.2. The minimum atomic E-state index is -0.258. The van der Waals surface area contributed by atoms with Gasteiger partial charge in [-0.25, -0.2) is 4.98 Å². The smallest absolute Gasteiger partial charge is 0.251 e. The number of carbonyl (C=O) groups is 1. The van der Waals surface area contributed by atoms with Gasteiger partial charge in [0.05, 0.1) is 0 Å². The van der Waals surface area contributed by atoms with Crippen molar-refractivity contribution in [3.8, 4) is 0 Å². The largest absolute Gasteiger partial charge is 0.441 e. The van der Waals surface area contributed by atoms with Crippen LogP contribution in [0.2, 0.25) is 0 Å². The molecule has 0 aliphatic rings. The summed E-state index contributed by atoms with van der Waals surface area (Å²) in [5.74, 6) is 0.424. The van der Waals surface area contributed by atoms with Crippen molar-refractivity contribution in [3.05, 3.63) is 63.4 Å². The normalized spacial score (nSPS) is 11.0. The summed E-state index contributed by atoms with van der Waals surface area (Å²) in [5, 5.41) is 2.83. The van der Waals surface area contributed by atoms with Crippen LogP contribution in [0.3, 0.4) is 0 Å². The Morgan fingerprint density at radius 3 is 2.92 bits per heavy atom. The third-order valence-electron chi connectivity index (χ3n) is 3.98. The van der Waals surface area contributed by atoms with Crippen molar-refractivity contribution in [2.75, 3.05) is 6.54 Å². The molecule has 130 valence electrons. The number of hydrogen-bond acceptors (Lipinski definition) is 4. The number of benzene rings is 1. The maximum atomic E-state index is 12.2. The van der Waals surface area contributed by atoms with E-state index in [1.54, 1.807) is 6.07 Å². The average Bonchev–Trinajstić information content (AvgIpc) is 2.99. The topological polar surface area (TPSA) is 88.0 Å². The Morgan fingerprint density at radius 1 is 1.28 bits per heavy atom. The number of aromatic nitrogens is 2. The molecule has 0 atom stereocenters. The number of oxazole rings is 1. The third-order valence-corrected chi connectivity index (χ3v) is 3.98. The lowest BCUT2D eigenvalue weighted by Gasteiger charge is -2.05. The van der Waals surface area contributed by atoms with E-state index in [1.165, 1.54) is 6.07 Å². The van der Waals surface area contributed by atoms with Gasteiger partial charge in [0.2, 0.25) is 5.56 Å². The van der Waals surface area contributed by atoms with Crippen LogP contribution >= 0.6 is 0 Å². The Labute approximate surface area is 145 Å². The fourth-order valence-corrected chi connectivity index (χ4v) is 2.65.